The Morgan fingerprint density at radius 2 is 1.69 bits per heavy atom. The summed E-state index contributed by atoms with van der Waals surface area (Å²) >= 11 is 14.1. The molecule has 36 heavy (non-hydrogen) atoms. The van der Waals surface area contributed by atoms with Crippen molar-refractivity contribution >= 4 is 80.8 Å². The molecule has 0 N–H and O–H groups in total. The van der Waals surface area contributed by atoms with Gasteiger partial charge in [0.15, 0.2) is 11.5 Å². The molecule has 1 aromatic heterocycles. The average Bonchev–Trinajstić information content (AvgIpc) is 2.86. The Bertz CT molecular complexity index is 1520. The van der Waals surface area contributed by atoms with Crippen molar-refractivity contribution in [1.29, 1.82) is 0 Å². The van der Waals surface area contributed by atoms with Crippen molar-refractivity contribution in [2.45, 2.75) is 26.4 Å². The SMILES string of the molecule is COc1cc(C=Nn2c(C(C)C)nc3ccc(Br)cc3c2=O)c(Br)c(Br)c1OCc1ccc(Br)cc1. The highest BCUT2D eigenvalue weighted by Gasteiger charge is 2.18. The summed E-state index contributed by atoms with van der Waals surface area (Å²) in [5.74, 6) is 1.65. The smallest absolute Gasteiger partial charge is 0.282 e. The van der Waals surface area contributed by atoms with Crippen LogP contribution >= 0.6 is 63.7 Å². The highest BCUT2D eigenvalue weighted by molar-refractivity contribution is 9.13. The van der Waals surface area contributed by atoms with E-state index in [4.69, 9.17) is 14.5 Å². The second kappa shape index (κ2) is 11.6. The summed E-state index contributed by atoms with van der Waals surface area (Å²) in [6.45, 7) is 4.32. The molecular formula is C26H21Br4N3O3. The zero-order chi connectivity index (χ0) is 26.0. The quantitative estimate of drug-likeness (QED) is 0.180. The van der Waals surface area contributed by atoms with E-state index in [1.54, 1.807) is 25.5 Å². The number of nitrogens with zero attached hydrogens (tertiary/aromatic N) is 3. The molecule has 0 aliphatic rings. The Kier molecular flexibility index (Phi) is 8.70. The van der Waals surface area contributed by atoms with Crippen LogP contribution in [0.1, 0.15) is 36.7 Å². The van der Waals surface area contributed by atoms with E-state index in [-0.39, 0.29) is 11.5 Å². The van der Waals surface area contributed by atoms with Crippen LogP contribution < -0.4 is 15.0 Å². The van der Waals surface area contributed by atoms with Crippen molar-refractivity contribution in [3.05, 3.63) is 93.7 Å². The Morgan fingerprint density at radius 3 is 2.36 bits per heavy atom. The molecular weight excluding hydrogens is 722 g/mol. The monoisotopic (exact) mass is 739 g/mol. The van der Waals surface area contributed by atoms with Crippen LogP contribution in [0.25, 0.3) is 10.9 Å². The molecule has 3 aromatic carbocycles. The maximum absolute atomic E-state index is 13.3. The Labute approximate surface area is 242 Å². The van der Waals surface area contributed by atoms with Gasteiger partial charge in [0, 0.05) is 24.9 Å². The van der Waals surface area contributed by atoms with Crippen LogP contribution in [0.4, 0.5) is 0 Å². The number of rotatable bonds is 7. The zero-order valence-electron chi connectivity index (χ0n) is 19.6. The van der Waals surface area contributed by atoms with E-state index < -0.39 is 0 Å². The van der Waals surface area contributed by atoms with Crippen molar-refractivity contribution in [2.24, 2.45) is 5.10 Å². The molecule has 0 bridgehead atoms. The lowest BCUT2D eigenvalue weighted by molar-refractivity contribution is 0.282. The summed E-state index contributed by atoms with van der Waals surface area (Å²) in [5.41, 5.74) is 2.12. The minimum absolute atomic E-state index is 0.0120. The predicted molar refractivity (Wildman–Crippen MR) is 158 cm³/mol. The van der Waals surface area contributed by atoms with Crippen molar-refractivity contribution in [1.82, 2.24) is 9.66 Å². The molecule has 0 fully saturated rings. The molecule has 0 amide bonds. The van der Waals surface area contributed by atoms with Crippen LogP contribution in [0.15, 0.2) is 76.3 Å². The predicted octanol–water partition coefficient (Wildman–Crippen LogP) is 8.04. The maximum atomic E-state index is 13.3. The standard InChI is InChI=1S/C26H21Br4N3O3/c1-14(2)25-32-20-9-8-18(28)11-19(20)26(34)33(25)31-12-16-10-21(35-3)24(23(30)22(16)29)36-13-15-4-6-17(27)7-5-15/h4-12,14H,13H2,1-3H3. The van der Waals surface area contributed by atoms with E-state index in [0.717, 1.165) is 14.5 Å². The van der Waals surface area contributed by atoms with E-state index >= 15 is 0 Å². The van der Waals surface area contributed by atoms with Crippen molar-refractivity contribution in [3.8, 4) is 11.5 Å². The number of hydrogen-bond acceptors (Lipinski definition) is 5. The van der Waals surface area contributed by atoms with Crippen LogP contribution in [0, 0.1) is 0 Å². The Hall–Kier alpha value is -2.01. The molecule has 0 unspecified atom stereocenters. The molecule has 0 saturated carbocycles. The molecule has 0 radical (unpaired) electrons. The Morgan fingerprint density at radius 1 is 1.00 bits per heavy atom. The van der Waals surface area contributed by atoms with Crippen molar-refractivity contribution < 1.29 is 9.47 Å². The molecule has 0 aliphatic heterocycles. The van der Waals surface area contributed by atoms with Gasteiger partial charge in [-0.25, -0.2) is 4.98 Å². The fourth-order valence-corrected chi connectivity index (χ4v) is 5.05. The lowest BCUT2D eigenvalue weighted by Crippen LogP contribution is -2.23. The molecule has 0 spiro atoms. The van der Waals surface area contributed by atoms with E-state index in [9.17, 15) is 4.79 Å². The lowest BCUT2D eigenvalue weighted by atomic mass is 10.2. The third-order valence-corrected chi connectivity index (χ3v) is 8.50. The molecule has 0 saturated heterocycles. The lowest BCUT2D eigenvalue weighted by Gasteiger charge is -2.16. The van der Waals surface area contributed by atoms with Gasteiger partial charge < -0.3 is 9.47 Å². The normalized spacial score (nSPS) is 11.6. The minimum Gasteiger partial charge on any atom is -0.493 e. The molecule has 0 aliphatic carbocycles. The van der Waals surface area contributed by atoms with E-state index in [1.807, 2.05) is 50.2 Å². The molecule has 0 atom stereocenters. The number of fused-ring (bicyclic) bond motifs is 1. The second-order valence-corrected chi connectivity index (χ2v) is 11.6. The van der Waals surface area contributed by atoms with Gasteiger partial charge in [-0.15, -0.1) is 0 Å². The van der Waals surface area contributed by atoms with Gasteiger partial charge in [0.2, 0.25) is 0 Å². The summed E-state index contributed by atoms with van der Waals surface area (Å²) in [6, 6.07) is 15.2. The zero-order valence-corrected chi connectivity index (χ0v) is 25.9. The number of benzene rings is 3. The third kappa shape index (κ3) is 5.77. The van der Waals surface area contributed by atoms with Crippen molar-refractivity contribution in [3.63, 3.8) is 0 Å². The van der Waals surface area contributed by atoms with Crippen LogP contribution in [-0.4, -0.2) is 23.0 Å². The van der Waals surface area contributed by atoms with Gasteiger partial charge >= 0.3 is 0 Å². The third-order valence-electron chi connectivity index (χ3n) is 5.33. The first kappa shape index (κ1) is 27.0. The number of hydrogen-bond donors (Lipinski definition) is 0. The molecule has 10 heteroatoms. The van der Waals surface area contributed by atoms with Gasteiger partial charge in [-0.2, -0.15) is 9.78 Å². The summed E-state index contributed by atoms with van der Waals surface area (Å²) in [5, 5.41) is 5.02. The van der Waals surface area contributed by atoms with Gasteiger partial charge in [-0.3, -0.25) is 4.79 Å². The summed E-state index contributed by atoms with van der Waals surface area (Å²) in [4.78, 5) is 18.0. The van der Waals surface area contributed by atoms with E-state index in [0.29, 0.717) is 49.3 Å². The molecule has 4 rings (SSSR count). The highest BCUT2D eigenvalue weighted by Crippen LogP contribution is 2.42. The van der Waals surface area contributed by atoms with Gasteiger partial charge in [0.25, 0.3) is 5.56 Å². The summed E-state index contributed by atoms with van der Waals surface area (Å²) < 4.78 is 16.2. The van der Waals surface area contributed by atoms with Crippen LogP contribution in [-0.2, 0) is 6.61 Å². The topological polar surface area (TPSA) is 65.7 Å². The van der Waals surface area contributed by atoms with Gasteiger partial charge in [0.1, 0.15) is 12.4 Å². The van der Waals surface area contributed by atoms with Crippen LogP contribution in [0.5, 0.6) is 11.5 Å². The van der Waals surface area contributed by atoms with Gasteiger partial charge in [-0.1, -0.05) is 57.8 Å². The highest BCUT2D eigenvalue weighted by atomic mass is 79.9. The molecule has 6 nitrogen and oxygen atoms in total. The number of aromatic nitrogens is 2. The summed E-state index contributed by atoms with van der Waals surface area (Å²) in [7, 11) is 1.58. The second-order valence-electron chi connectivity index (χ2n) is 8.19. The Balaban J connectivity index is 1.73. The van der Waals surface area contributed by atoms with E-state index in [1.165, 1.54) is 4.68 Å². The largest absolute Gasteiger partial charge is 0.493 e. The fraction of sp³-hybridized carbons (Fsp3) is 0.192. The number of ether oxygens (including phenoxy) is 2. The van der Waals surface area contributed by atoms with E-state index in [2.05, 4.69) is 68.8 Å². The fourth-order valence-electron chi connectivity index (χ4n) is 3.49. The number of methoxy groups -OCH3 is 1. The van der Waals surface area contributed by atoms with Crippen LogP contribution in [0.3, 0.4) is 0 Å². The summed E-state index contributed by atoms with van der Waals surface area (Å²) in [6.07, 6.45) is 1.61. The number of halogens is 4. The van der Waals surface area contributed by atoms with Crippen molar-refractivity contribution in [2.75, 3.05) is 7.11 Å². The first-order valence-corrected chi connectivity index (χ1v) is 14.1. The first-order chi connectivity index (χ1) is 17.2. The molecule has 186 valence electrons. The molecule has 1 heterocycles. The van der Waals surface area contributed by atoms with Gasteiger partial charge in [0.05, 0.1) is 28.7 Å². The minimum atomic E-state index is -0.238. The maximum Gasteiger partial charge on any atom is 0.282 e. The van der Waals surface area contributed by atoms with Gasteiger partial charge in [-0.05, 0) is 73.8 Å². The molecule has 4 aromatic rings. The first-order valence-electron chi connectivity index (χ1n) is 10.9. The average molecular weight is 743 g/mol. The van der Waals surface area contributed by atoms with Crippen LogP contribution in [0.2, 0.25) is 0 Å².